The van der Waals surface area contributed by atoms with Crippen molar-refractivity contribution in [3.63, 3.8) is 0 Å². The molecule has 0 aromatic heterocycles. The van der Waals surface area contributed by atoms with Crippen LogP contribution in [0.4, 0.5) is 0 Å². The Morgan fingerprint density at radius 3 is 2.33 bits per heavy atom. The molecule has 3 aliphatic carbocycles. The predicted molar refractivity (Wildman–Crippen MR) is 93.6 cm³/mol. The summed E-state index contributed by atoms with van der Waals surface area (Å²) >= 11 is 0. The summed E-state index contributed by atoms with van der Waals surface area (Å²) in [4.78, 5) is 21.3. The fourth-order valence-corrected chi connectivity index (χ4v) is 3.42. The van der Waals surface area contributed by atoms with Crippen LogP contribution in [0, 0.1) is 11.3 Å². The van der Waals surface area contributed by atoms with Crippen LogP contribution in [-0.4, -0.2) is 22.2 Å². The molecule has 2 N–H and O–H groups in total. The number of hydrogen-bond donors (Lipinski definition) is 2. The largest absolute Gasteiger partial charge is 0.481 e. The third-order valence-corrected chi connectivity index (χ3v) is 5.01. The molecule has 0 heterocycles. The van der Waals surface area contributed by atoms with Gasteiger partial charge in [0.05, 0.1) is 5.41 Å². The molecule has 0 saturated heterocycles. The molecule has 0 spiro atoms. The second-order valence-electron chi connectivity index (χ2n) is 6.96. The number of rotatable bonds is 3. The van der Waals surface area contributed by atoms with Gasteiger partial charge in [-0.3, -0.25) is 4.79 Å². The van der Waals surface area contributed by atoms with Crippen molar-refractivity contribution < 1.29 is 19.8 Å². The van der Waals surface area contributed by atoms with Crippen LogP contribution in [0.25, 0.3) is 0 Å². The Kier molecular flexibility index (Phi) is 6.18. The molecule has 0 radical (unpaired) electrons. The third kappa shape index (κ3) is 4.70. The monoisotopic (exact) mass is 330 g/mol. The minimum atomic E-state index is -1.08. The summed E-state index contributed by atoms with van der Waals surface area (Å²) in [5.74, 6) is -1.12. The Balaban J connectivity index is 0.000000175. The highest BCUT2D eigenvalue weighted by Crippen LogP contribution is 2.33. The molecule has 0 bridgehead atoms. The van der Waals surface area contributed by atoms with Gasteiger partial charge in [0.1, 0.15) is 0 Å². The maximum Gasteiger partial charge on any atom is 0.331 e. The van der Waals surface area contributed by atoms with E-state index in [-0.39, 0.29) is 12.0 Å². The molecule has 1 fully saturated rings. The first kappa shape index (κ1) is 18.2. The lowest BCUT2D eigenvalue weighted by Gasteiger charge is -2.23. The fourth-order valence-electron chi connectivity index (χ4n) is 3.42. The molecule has 0 aliphatic heterocycles. The minimum absolute atomic E-state index is 0.0359. The lowest BCUT2D eigenvalue weighted by Crippen LogP contribution is -2.28. The second kappa shape index (κ2) is 8.13. The van der Waals surface area contributed by atoms with Crippen molar-refractivity contribution in [3.8, 4) is 0 Å². The van der Waals surface area contributed by atoms with E-state index in [2.05, 4.69) is 18.2 Å². The van der Waals surface area contributed by atoms with Gasteiger partial charge in [0, 0.05) is 5.57 Å². The third-order valence-electron chi connectivity index (χ3n) is 5.01. The summed E-state index contributed by atoms with van der Waals surface area (Å²) in [5, 5.41) is 17.5. The zero-order valence-electron chi connectivity index (χ0n) is 14.2. The molecule has 0 aromatic carbocycles. The maximum absolute atomic E-state index is 10.8. The zero-order valence-corrected chi connectivity index (χ0v) is 14.2. The smallest absolute Gasteiger partial charge is 0.331 e. The summed E-state index contributed by atoms with van der Waals surface area (Å²) in [6.45, 7) is 1.50. The van der Waals surface area contributed by atoms with E-state index in [1.54, 1.807) is 5.57 Å². The van der Waals surface area contributed by atoms with Crippen LogP contribution in [0.3, 0.4) is 0 Å². The average molecular weight is 330 g/mol. The van der Waals surface area contributed by atoms with Gasteiger partial charge < -0.3 is 10.2 Å². The Bertz CT molecular complexity index is 603. The number of carbonyl (C=O) groups is 2. The molecule has 1 unspecified atom stereocenters. The van der Waals surface area contributed by atoms with Gasteiger partial charge in [-0.05, 0) is 38.5 Å². The molecule has 4 nitrogen and oxygen atoms in total. The Morgan fingerprint density at radius 2 is 1.79 bits per heavy atom. The first-order valence-corrected chi connectivity index (χ1v) is 8.63. The van der Waals surface area contributed by atoms with Crippen molar-refractivity contribution in [3.05, 3.63) is 47.6 Å². The molecule has 0 amide bonds. The van der Waals surface area contributed by atoms with Gasteiger partial charge in [0.15, 0.2) is 0 Å². The van der Waals surface area contributed by atoms with E-state index in [0.717, 1.165) is 5.92 Å². The van der Waals surface area contributed by atoms with Crippen LogP contribution >= 0.6 is 0 Å². The number of aliphatic carboxylic acids is 2. The highest BCUT2D eigenvalue weighted by atomic mass is 16.4. The lowest BCUT2D eigenvalue weighted by atomic mass is 9.80. The van der Waals surface area contributed by atoms with Crippen molar-refractivity contribution in [1.82, 2.24) is 0 Å². The van der Waals surface area contributed by atoms with Crippen LogP contribution in [0.15, 0.2) is 47.6 Å². The van der Waals surface area contributed by atoms with E-state index in [0.29, 0.717) is 0 Å². The molecule has 0 aromatic rings. The molecule has 3 rings (SSSR count). The van der Waals surface area contributed by atoms with Gasteiger partial charge >= 0.3 is 11.9 Å². The summed E-state index contributed by atoms with van der Waals surface area (Å²) in [6.07, 6.45) is 19.8. The fraction of sp³-hybridized carbons (Fsp3) is 0.500. The molecule has 130 valence electrons. The molecule has 3 aliphatic rings. The van der Waals surface area contributed by atoms with Crippen molar-refractivity contribution in [2.24, 2.45) is 11.3 Å². The quantitative estimate of drug-likeness (QED) is 0.799. The highest BCUT2D eigenvalue weighted by Gasteiger charge is 2.34. The SMILES string of the molecule is C1=CCC(C2CCCCC2)=C1.CC1(C(=O)O)C=CC=C(C(=O)O)C1. The maximum atomic E-state index is 10.8. The first-order chi connectivity index (χ1) is 11.4. The number of carboxylic acids is 2. The van der Waals surface area contributed by atoms with Gasteiger partial charge in [0.25, 0.3) is 0 Å². The summed E-state index contributed by atoms with van der Waals surface area (Å²) < 4.78 is 0. The van der Waals surface area contributed by atoms with Crippen LogP contribution in [0.1, 0.15) is 51.9 Å². The van der Waals surface area contributed by atoms with Crippen molar-refractivity contribution >= 4 is 11.9 Å². The minimum Gasteiger partial charge on any atom is -0.481 e. The molecule has 4 heteroatoms. The summed E-state index contributed by atoms with van der Waals surface area (Å²) in [7, 11) is 0. The molecule has 1 atom stereocenters. The molecule has 1 saturated carbocycles. The van der Waals surface area contributed by atoms with E-state index in [1.165, 1.54) is 63.7 Å². The Morgan fingerprint density at radius 1 is 1.08 bits per heavy atom. The summed E-state index contributed by atoms with van der Waals surface area (Å²) in [6, 6.07) is 0. The van der Waals surface area contributed by atoms with Gasteiger partial charge in [-0.25, -0.2) is 4.79 Å². The number of hydrogen-bond acceptors (Lipinski definition) is 2. The topological polar surface area (TPSA) is 74.6 Å². The number of carboxylic acid groups (broad SMARTS) is 2. The van der Waals surface area contributed by atoms with E-state index in [4.69, 9.17) is 10.2 Å². The second-order valence-corrected chi connectivity index (χ2v) is 6.96. The van der Waals surface area contributed by atoms with E-state index < -0.39 is 17.4 Å². The first-order valence-electron chi connectivity index (χ1n) is 8.63. The average Bonchev–Trinajstić information content (AvgIpc) is 3.11. The van der Waals surface area contributed by atoms with Crippen molar-refractivity contribution in [2.75, 3.05) is 0 Å². The molecular formula is C20H26O4. The van der Waals surface area contributed by atoms with E-state index >= 15 is 0 Å². The van der Waals surface area contributed by atoms with Gasteiger partial charge in [-0.15, -0.1) is 0 Å². The number of allylic oxidation sites excluding steroid dienone is 6. The Hall–Kier alpha value is -2.10. The zero-order chi connectivity index (χ0) is 17.6. The van der Waals surface area contributed by atoms with E-state index in [9.17, 15) is 9.59 Å². The Labute approximate surface area is 143 Å². The van der Waals surface area contributed by atoms with Crippen LogP contribution in [0.2, 0.25) is 0 Å². The van der Waals surface area contributed by atoms with Crippen LogP contribution in [0.5, 0.6) is 0 Å². The highest BCUT2D eigenvalue weighted by molar-refractivity contribution is 5.90. The predicted octanol–water partition coefficient (Wildman–Crippen LogP) is 4.50. The summed E-state index contributed by atoms with van der Waals surface area (Å²) in [5.41, 5.74) is 0.750. The van der Waals surface area contributed by atoms with E-state index in [1.807, 2.05) is 0 Å². The molecule has 24 heavy (non-hydrogen) atoms. The van der Waals surface area contributed by atoms with Crippen molar-refractivity contribution in [1.29, 1.82) is 0 Å². The van der Waals surface area contributed by atoms with Gasteiger partial charge in [0.2, 0.25) is 0 Å². The van der Waals surface area contributed by atoms with Gasteiger partial charge in [-0.1, -0.05) is 61.3 Å². The normalized spacial score (nSPS) is 26.2. The standard InChI is InChI=1S/C11H16.C9H10O4/c1-2-6-10(7-3-1)11-8-4-5-9-11;1-9(8(12)13)4-2-3-6(5-9)7(10)11/h4-5,8,10H,1-3,6-7,9H2;2-4H,5H2,1H3,(H,10,11)(H,12,13). The van der Waals surface area contributed by atoms with Crippen LogP contribution < -0.4 is 0 Å². The lowest BCUT2D eigenvalue weighted by molar-refractivity contribution is -0.145. The van der Waals surface area contributed by atoms with Crippen LogP contribution in [-0.2, 0) is 9.59 Å². The van der Waals surface area contributed by atoms with Gasteiger partial charge in [-0.2, -0.15) is 0 Å². The van der Waals surface area contributed by atoms with Crippen molar-refractivity contribution in [2.45, 2.75) is 51.9 Å². The molecular weight excluding hydrogens is 304 g/mol.